The summed E-state index contributed by atoms with van der Waals surface area (Å²) in [4.78, 5) is 7.78. The van der Waals surface area contributed by atoms with E-state index in [1.54, 1.807) is 11.3 Å². The number of benzene rings is 2. The lowest BCUT2D eigenvalue weighted by molar-refractivity contribution is 0.396. The standard InChI is InChI=1S/C25H21ClN4OS2/c1-15-7-3-4-8-18(15)14-30-16(2)21(24-28-23(29-31-24)20-11-6-12-33-20)22(27-25(30)32)17-9-5-10-19(26)13-17/h3-13,22H,14H2,1-2H3,(H,27,32). The lowest BCUT2D eigenvalue weighted by atomic mass is 9.94. The number of hydrogen-bond acceptors (Lipinski definition) is 5. The zero-order chi connectivity index (χ0) is 22.9. The number of aryl methyl sites for hydroxylation is 1. The van der Waals surface area contributed by atoms with Gasteiger partial charge in [-0.15, -0.1) is 11.3 Å². The molecule has 0 saturated heterocycles. The number of rotatable bonds is 5. The molecule has 0 radical (unpaired) electrons. The van der Waals surface area contributed by atoms with Crippen LogP contribution in [-0.4, -0.2) is 20.2 Å². The van der Waals surface area contributed by atoms with Gasteiger partial charge in [-0.2, -0.15) is 4.98 Å². The van der Waals surface area contributed by atoms with Crippen LogP contribution in [0.25, 0.3) is 16.3 Å². The minimum atomic E-state index is -0.263. The molecule has 8 heteroatoms. The average Bonchev–Trinajstić information content (AvgIpc) is 3.49. The highest BCUT2D eigenvalue weighted by molar-refractivity contribution is 7.80. The van der Waals surface area contributed by atoms with Crippen LogP contribution in [-0.2, 0) is 6.54 Å². The topological polar surface area (TPSA) is 54.2 Å². The van der Waals surface area contributed by atoms with Gasteiger partial charge in [-0.05, 0) is 66.3 Å². The van der Waals surface area contributed by atoms with E-state index in [1.807, 2.05) is 60.8 Å². The molecule has 0 spiro atoms. The van der Waals surface area contributed by atoms with Crippen LogP contribution in [0.4, 0.5) is 0 Å². The lowest BCUT2D eigenvalue weighted by Gasteiger charge is -2.37. The third kappa shape index (κ3) is 4.31. The van der Waals surface area contributed by atoms with E-state index in [0.29, 0.717) is 28.4 Å². The second-order valence-electron chi connectivity index (χ2n) is 7.85. The molecule has 1 aliphatic rings. The van der Waals surface area contributed by atoms with Crippen molar-refractivity contribution in [2.24, 2.45) is 0 Å². The van der Waals surface area contributed by atoms with Crippen molar-refractivity contribution in [1.29, 1.82) is 0 Å². The molecule has 5 nitrogen and oxygen atoms in total. The first-order valence-corrected chi connectivity index (χ1v) is 12.1. The van der Waals surface area contributed by atoms with Crippen LogP contribution in [0.5, 0.6) is 0 Å². The molecule has 5 rings (SSSR count). The lowest BCUT2D eigenvalue weighted by Crippen LogP contribution is -2.45. The Morgan fingerprint density at radius 3 is 2.73 bits per heavy atom. The van der Waals surface area contributed by atoms with E-state index in [1.165, 1.54) is 11.1 Å². The van der Waals surface area contributed by atoms with E-state index >= 15 is 0 Å². The summed E-state index contributed by atoms with van der Waals surface area (Å²) in [6.45, 7) is 4.80. The fourth-order valence-corrected chi connectivity index (χ4v) is 5.15. The highest BCUT2D eigenvalue weighted by Gasteiger charge is 2.34. The van der Waals surface area contributed by atoms with E-state index in [0.717, 1.165) is 21.7 Å². The molecular weight excluding hydrogens is 472 g/mol. The third-order valence-electron chi connectivity index (χ3n) is 5.77. The maximum Gasteiger partial charge on any atom is 0.258 e. The van der Waals surface area contributed by atoms with Crippen molar-refractivity contribution in [3.05, 3.63) is 99.3 Å². The molecule has 1 aliphatic heterocycles. The summed E-state index contributed by atoms with van der Waals surface area (Å²) in [5.41, 5.74) is 5.24. The van der Waals surface area contributed by atoms with Gasteiger partial charge in [-0.25, -0.2) is 0 Å². The number of thiophene rings is 1. The molecule has 33 heavy (non-hydrogen) atoms. The predicted octanol–water partition coefficient (Wildman–Crippen LogP) is 6.62. The van der Waals surface area contributed by atoms with Crippen LogP contribution in [0.2, 0.25) is 5.02 Å². The first kappa shape index (κ1) is 21.8. The van der Waals surface area contributed by atoms with Gasteiger partial charge in [0.2, 0.25) is 5.82 Å². The molecule has 166 valence electrons. The van der Waals surface area contributed by atoms with Crippen molar-refractivity contribution < 1.29 is 4.52 Å². The van der Waals surface area contributed by atoms with Gasteiger partial charge in [0.15, 0.2) is 5.11 Å². The molecule has 3 heterocycles. The summed E-state index contributed by atoms with van der Waals surface area (Å²) in [6.07, 6.45) is 0. The molecule has 0 aliphatic carbocycles. The van der Waals surface area contributed by atoms with Crippen molar-refractivity contribution in [3.8, 4) is 10.7 Å². The maximum absolute atomic E-state index is 6.32. The van der Waals surface area contributed by atoms with E-state index in [-0.39, 0.29) is 6.04 Å². The largest absolute Gasteiger partial charge is 0.351 e. The maximum atomic E-state index is 6.32. The van der Waals surface area contributed by atoms with Gasteiger partial charge in [-0.1, -0.05) is 59.2 Å². The van der Waals surface area contributed by atoms with Crippen LogP contribution in [0.15, 0.2) is 76.3 Å². The Bertz CT molecular complexity index is 1350. The molecule has 2 aromatic heterocycles. The SMILES string of the molecule is CC1=C(c2nc(-c3cccs3)no2)C(c2cccc(Cl)c2)NC(=S)N1Cc1ccccc1C. The Hall–Kier alpha value is -3.00. The second-order valence-corrected chi connectivity index (χ2v) is 9.62. The third-order valence-corrected chi connectivity index (χ3v) is 7.21. The molecule has 0 bridgehead atoms. The Morgan fingerprint density at radius 2 is 1.97 bits per heavy atom. The Morgan fingerprint density at radius 1 is 1.12 bits per heavy atom. The van der Waals surface area contributed by atoms with Crippen LogP contribution in [0.3, 0.4) is 0 Å². The Kier molecular flexibility index (Phi) is 6.01. The van der Waals surface area contributed by atoms with Gasteiger partial charge in [-0.3, -0.25) is 0 Å². The molecule has 1 N–H and O–H groups in total. The van der Waals surface area contributed by atoms with Crippen LogP contribution < -0.4 is 5.32 Å². The molecule has 2 aromatic carbocycles. The van der Waals surface area contributed by atoms with E-state index in [4.69, 9.17) is 33.3 Å². The van der Waals surface area contributed by atoms with Crippen LogP contribution >= 0.6 is 35.2 Å². The molecule has 0 fully saturated rings. The molecule has 0 saturated carbocycles. The molecule has 0 amide bonds. The Labute approximate surface area is 206 Å². The molecule has 1 atom stereocenters. The van der Waals surface area contributed by atoms with Gasteiger partial charge in [0.25, 0.3) is 5.89 Å². The summed E-state index contributed by atoms with van der Waals surface area (Å²) in [6, 6.07) is 19.7. The smallest absolute Gasteiger partial charge is 0.258 e. The van der Waals surface area contributed by atoms with Crippen LogP contribution in [0.1, 0.15) is 35.5 Å². The quantitative estimate of drug-likeness (QED) is 0.316. The molecular formula is C25H21ClN4OS2. The van der Waals surface area contributed by atoms with Crippen molar-refractivity contribution in [2.75, 3.05) is 0 Å². The van der Waals surface area contributed by atoms with Gasteiger partial charge < -0.3 is 14.7 Å². The van der Waals surface area contributed by atoms with Crippen LogP contribution in [0, 0.1) is 6.92 Å². The number of allylic oxidation sites excluding steroid dienone is 1. The van der Waals surface area contributed by atoms with Crippen molar-refractivity contribution in [3.63, 3.8) is 0 Å². The number of aromatic nitrogens is 2. The number of hydrogen-bond donors (Lipinski definition) is 1. The van der Waals surface area contributed by atoms with Gasteiger partial charge in [0, 0.05) is 10.7 Å². The number of thiocarbonyl (C=S) groups is 1. The first-order valence-electron chi connectivity index (χ1n) is 10.5. The predicted molar refractivity (Wildman–Crippen MR) is 137 cm³/mol. The highest BCUT2D eigenvalue weighted by Crippen LogP contribution is 2.38. The monoisotopic (exact) mass is 492 g/mol. The fourth-order valence-electron chi connectivity index (χ4n) is 3.98. The molecule has 1 unspecified atom stereocenters. The summed E-state index contributed by atoms with van der Waals surface area (Å²) in [7, 11) is 0. The summed E-state index contributed by atoms with van der Waals surface area (Å²) < 4.78 is 5.78. The number of nitrogens with zero attached hydrogens (tertiary/aromatic N) is 3. The van der Waals surface area contributed by atoms with Gasteiger partial charge in [0.1, 0.15) is 0 Å². The zero-order valence-electron chi connectivity index (χ0n) is 18.1. The van der Waals surface area contributed by atoms with Crippen molar-refractivity contribution >= 4 is 45.8 Å². The van der Waals surface area contributed by atoms with E-state index in [2.05, 4.69) is 34.4 Å². The number of nitrogens with one attached hydrogen (secondary N) is 1. The first-order chi connectivity index (χ1) is 16.0. The number of halogens is 1. The van der Waals surface area contributed by atoms with E-state index < -0.39 is 0 Å². The summed E-state index contributed by atoms with van der Waals surface area (Å²) in [5, 5.41) is 11.0. The van der Waals surface area contributed by atoms with Crippen molar-refractivity contribution in [1.82, 2.24) is 20.4 Å². The zero-order valence-corrected chi connectivity index (χ0v) is 20.5. The summed E-state index contributed by atoms with van der Waals surface area (Å²) >= 11 is 13.7. The minimum Gasteiger partial charge on any atom is -0.351 e. The second kappa shape index (κ2) is 9.09. The molecule has 4 aromatic rings. The minimum absolute atomic E-state index is 0.263. The van der Waals surface area contributed by atoms with Gasteiger partial charge in [0.05, 0.1) is 23.0 Å². The van der Waals surface area contributed by atoms with Gasteiger partial charge >= 0.3 is 0 Å². The van der Waals surface area contributed by atoms with Crippen molar-refractivity contribution in [2.45, 2.75) is 26.4 Å². The average molecular weight is 493 g/mol. The normalized spacial score (nSPS) is 16.3. The fraction of sp³-hybridized carbons (Fsp3) is 0.160. The Balaban J connectivity index is 1.62. The summed E-state index contributed by atoms with van der Waals surface area (Å²) in [5.74, 6) is 1.04. The highest BCUT2D eigenvalue weighted by atomic mass is 35.5. The van der Waals surface area contributed by atoms with E-state index in [9.17, 15) is 0 Å².